The molecule has 0 saturated carbocycles. The fraction of sp³-hybridized carbons (Fsp3) is 0.280. The summed E-state index contributed by atoms with van der Waals surface area (Å²) in [6.07, 6.45) is 2.41. The van der Waals surface area contributed by atoms with Gasteiger partial charge < -0.3 is 9.64 Å². The van der Waals surface area contributed by atoms with Crippen molar-refractivity contribution in [3.05, 3.63) is 66.7 Å². The van der Waals surface area contributed by atoms with Crippen LogP contribution >= 0.6 is 0 Å². The van der Waals surface area contributed by atoms with Crippen LogP contribution in [0.4, 0.5) is 5.82 Å². The number of methoxy groups -OCH3 is 1. The number of fused-ring (bicyclic) bond motifs is 1. The molecule has 0 spiro atoms. The molecule has 3 heterocycles. The Balaban J connectivity index is 1.65. The van der Waals surface area contributed by atoms with E-state index in [0.717, 1.165) is 58.7 Å². The normalized spacial score (nSPS) is 14.9. The van der Waals surface area contributed by atoms with Crippen LogP contribution in [0.3, 0.4) is 0 Å². The molecule has 5 heteroatoms. The van der Waals surface area contributed by atoms with Gasteiger partial charge in [-0.05, 0) is 30.9 Å². The number of hydrogen-bond donors (Lipinski definition) is 0. The Kier molecular flexibility index (Phi) is 4.87. The Hall–Kier alpha value is -3.34. The smallest absolute Gasteiger partial charge is 0.158 e. The van der Waals surface area contributed by atoms with Crippen molar-refractivity contribution in [1.82, 2.24) is 14.6 Å². The highest BCUT2D eigenvalue weighted by molar-refractivity contribution is 5.71. The van der Waals surface area contributed by atoms with E-state index in [0.29, 0.717) is 0 Å². The van der Waals surface area contributed by atoms with Crippen LogP contribution in [0.5, 0.6) is 5.75 Å². The molecule has 0 N–H and O–H groups in total. The third-order valence-corrected chi connectivity index (χ3v) is 5.95. The summed E-state index contributed by atoms with van der Waals surface area (Å²) in [5.74, 6) is 2.71. The molecule has 0 atom stereocenters. The molecular formula is C25H26N4O. The second-order valence-corrected chi connectivity index (χ2v) is 8.07. The molecule has 152 valence electrons. The lowest BCUT2D eigenvalue weighted by Gasteiger charge is -2.32. The van der Waals surface area contributed by atoms with Crippen molar-refractivity contribution in [3.63, 3.8) is 0 Å². The maximum Gasteiger partial charge on any atom is 0.158 e. The first kappa shape index (κ1) is 18.7. The van der Waals surface area contributed by atoms with Gasteiger partial charge in [-0.2, -0.15) is 9.61 Å². The van der Waals surface area contributed by atoms with Gasteiger partial charge in [0.05, 0.1) is 18.5 Å². The summed E-state index contributed by atoms with van der Waals surface area (Å²) in [4.78, 5) is 7.40. The Morgan fingerprint density at radius 2 is 1.63 bits per heavy atom. The first-order valence-corrected chi connectivity index (χ1v) is 10.6. The predicted molar refractivity (Wildman–Crippen MR) is 121 cm³/mol. The minimum absolute atomic E-state index is 0.775. The number of piperidine rings is 1. The molecule has 5 nitrogen and oxygen atoms in total. The minimum atomic E-state index is 0.775. The second-order valence-electron chi connectivity index (χ2n) is 8.07. The van der Waals surface area contributed by atoms with E-state index in [9.17, 15) is 0 Å². The highest BCUT2D eigenvalue weighted by Gasteiger charge is 2.21. The van der Waals surface area contributed by atoms with E-state index in [1.807, 2.05) is 28.8 Å². The second kappa shape index (κ2) is 7.82. The first-order chi connectivity index (χ1) is 14.7. The van der Waals surface area contributed by atoms with Crippen molar-refractivity contribution in [3.8, 4) is 28.3 Å². The van der Waals surface area contributed by atoms with Gasteiger partial charge in [-0.25, -0.2) is 4.98 Å². The molecule has 4 aromatic rings. The summed E-state index contributed by atoms with van der Waals surface area (Å²) in [6.45, 7) is 4.43. The number of ether oxygens (including phenoxy) is 1. The van der Waals surface area contributed by atoms with Crippen LogP contribution in [-0.2, 0) is 0 Å². The standard InChI is InChI=1S/C25H26N4O/c1-18-11-13-28(14-12-18)25-17-22(19-7-4-3-5-8-19)26-24-16-23(27-29(24)25)20-9-6-10-21(15-20)30-2/h3-10,15-18H,11-14H2,1-2H3. The van der Waals surface area contributed by atoms with Crippen molar-refractivity contribution in [2.24, 2.45) is 5.92 Å². The average molecular weight is 399 g/mol. The SMILES string of the molecule is COc1cccc(-c2cc3nc(-c4ccccc4)cc(N4CCC(C)CC4)n3n2)c1. The van der Waals surface area contributed by atoms with Gasteiger partial charge in [0.1, 0.15) is 11.6 Å². The van der Waals surface area contributed by atoms with Crippen LogP contribution < -0.4 is 9.64 Å². The quantitative estimate of drug-likeness (QED) is 0.467. The van der Waals surface area contributed by atoms with Crippen molar-refractivity contribution in [2.75, 3.05) is 25.1 Å². The molecule has 0 radical (unpaired) electrons. The van der Waals surface area contributed by atoms with Gasteiger partial charge in [-0.15, -0.1) is 0 Å². The fourth-order valence-electron chi connectivity index (χ4n) is 4.10. The monoisotopic (exact) mass is 398 g/mol. The summed E-state index contributed by atoms with van der Waals surface area (Å²) < 4.78 is 7.40. The highest BCUT2D eigenvalue weighted by Crippen LogP contribution is 2.30. The lowest BCUT2D eigenvalue weighted by atomic mass is 9.99. The topological polar surface area (TPSA) is 42.7 Å². The van der Waals surface area contributed by atoms with Gasteiger partial charge in [0.2, 0.25) is 0 Å². The largest absolute Gasteiger partial charge is 0.497 e. The minimum Gasteiger partial charge on any atom is -0.497 e. The van der Waals surface area contributed by atoms with Crippen LogP contribution in [0.1, 0.15) is 19.8 Å². The Morgan fingerprint density at radius 1 is 0.867 bits per heavy atom. The van der Waals surface area contributed by atoms with Crippen molar-refractivity contribution in [2.45, 2.75) is 19.8 Å². The zero-order valence-electron chi connectivity index (χ0n) is 17.5. The molecule has 0 aliphatic carbocycles. The van der Waals surface area contributed by atoms with Crippen molar-refractivity contribution < 1.29 is 4.74 Å². The van der Waals surface area contributed by atoms with Crippen molar-refractivity contribution in [1.29, 1.82) is 0 Å². The molecule has 0 amide bonds. The van der Waals surface area contributed by atoms with Gasteiger partial charge in [0, 0.05) is 36.3 Å². The fourth-order valence-corrected chi connectivity index (χ4v) is 4.10. The van der Waals surface area contributed by atoms with Crippen LogP contribution in [0, 0.1) is 5.92 Å². The van der Waals surface area contributed by atoms with E-state index in [-0.39, 0.29) is 0 Å². The van der Waals surface area contributed by atoms with E-state index >= 15 is 0 Å². The Labute approximate surface area is 176 Å². The molecule has 0 unspecified atom stereocenters. The number of aromatic nitrogens is 3. The molecule has 2 aromatic heterocycles. The average Bonchev–Trinajstić information content (AvgIpc) is 3.24. The first-order valence-electron chi connectivity index (χ1n) is 10.6. The molecule has 2 aromatic carbocycles. The van der Waals surface area contributed by atoms with Crippen molar-refractivity contribution >= 4 is 11.5 Å². The molecule has 1 saturated heterocycles. The zero-order chi connectivity index (χ0) is 20.5. The van der Waals surface area contributed by atoms with Gasteiger partial charge in [-0.3, -0.25) is 0 Å². The van der Waals surface area contributed by atoms with Gasteiger partial charge in [0.15, 0.2) is 5.65 Å². The lowest BCUT2D eigenvalue weighted by Crippen LogP contribution is -2.34. The number of hydrogen-bond acceptors (Lipinski definition) is 4. The maximum absolute atomic E-state index is 5.40. The number of benzene rings is 2. The summed E-state index contributed by atoms with van der Waals surface area (Å²) in [5.41, 5.74) is 4.89. The predicted octanol–water partition coefficient (Wildman–Crippen LogP) is 5.31. The number of nitrogens with zero attached hydrogens (tertiary/aromatic N) is 4. The molecule has 1 fully saturated rings. The van der Waals surface area contributed by atoms with Crippen LogP contribution in [0.25, 0.3) is 28.2 Å². The zero-order valence-corrected chi connectivity index (χ0v) is 17.5. The lowest BCUT2D eigenvalue weighted by molar-refractivity contribution is 0.415. The third-order valence-electron chi connectivity index (χ3n) is 5.95. The molecule has 30 heavy (non-hydrogen) atoms. The Bertz CT molecular complexity index is 1160. The summed E-state index contributed by atoms with van der Waals surface area (Å²) in [7, 11) is 1.69. The molecule has 1 aliphatic rings. The summed E-state index contributed by atoms with van der Waals surface area (Å²) >= 11 is 0. The maximum atomic E-state index is 5.40. The van der Waals surface area contributed by atoms with Gasteiger partial charge in [-0.1, -0.05) is 49.4 Å². The molecule has 1 aliphatic heterocycles. The molecule has 5 rings (SSSR count). The molecular weight excluding hydrogens is 372 g/mol. The third kappa shape index (κ3) is 3.52. The van der Waals surface area contributed by atoms with E-state index in [4.69, 9.17) is 14.8 Å². The number of rotatable bonds is 4. The van der Waals surface area contributed by atoms with Crippen LogP contribution in [-0.4, -0.2) is 34.8 Å². The number of anilines is 1. The van der Waals surface area contributed by atoms with Crippen LogP contribution in [0.15, 0.2) is 66.7 Å². The summed E-state index contributed by atoms with van der Waals surface area (Å²) in [6, 6.07) is 22.6. The van der Waals surface area contributed by atoms with Gasteiger partial charge in [0.25, 0.3) is 0 Å². The van der Waals surface area contributed by atoms with Gasteiger partial charge >= 0.3 is 0 Å². The van der Waals surface area contributed by atoms with Crippen LogP contribution in [0.2, 0.25) is 0 Å². The van der Waals surface area contributed by atoms with E-state index in [1.54, 1.807) is 7.11 Å². The Morgan fingerprint density at radius 3 is 2.40 bits per heavy atom. The van der Waals surface area contributed by atoms with E-state index in [2.05, 4.69) is 54.3 Å². The van der Waals surface area contributed by atoms with E-state index < -0.39 is 0 Å². The highest BCUT2D eigenvalue weighted by atomic mass is 16.5. The summed E-state index contributed by atoms with van der Waals surface area (Å²) in [5, 5.41) is 4.94. The van der Waals surface area contributed by atoms with E-state index in [1.165, 1.54) is 12.8 Å². The molecule has 0 bridgehead atoms.